The molecule has 0 saturated carbocycles. The predicted octanol–water partition coefficient (Wildman–Crippen LogP) is 18.9. The third-order valence-electron chi connectivity index (χ3n) is 15.9. The Morgan fingerprint density at radius 3 is 1.74 bits per heavy atom. The number of rotatable bonds is 13. The van der Waals surface area contributed by atoms with E-state index in [2.05, 4.69) is 291 Å². The van der Waals surface area contributed by atoms with Crippen LogP contribution in [-0.4, -0.2) is 9.55 Å². The molecule has 5 nitrogen and oxygen atoms in total. The molecule has 2 aromatic heterocycles. The topological polar surface area (TPSA) is 33.5 Å². The monoisotopic (exact) mass is 1200 g/mol. The molecule has 0 spiro atoms. The second-order valence-electron chi connectivity index (χ2n) is 23.5. The van der Waals surface area contributed by atoms with Crippen LogP contribution in [0.4, 0.5) is 11.4 Å². The summed E-state index contributed by atoms with van der Waals surface area (Å²) in [5, 5.41) is 2.20. The largest absolute Gasteiger partial charge is 0.509 e. The summed E-state index contributed by atoms with van der Waals surface area (Å²) in [6.45, 7) is 27.4. The van der Waals surface area contributed by atoms with Gasteiger partial charge in [0.2, 0.25) is 0 Å². The normalized spacial score (nSPS) is 13.2. The Labute approximate surface area is 477 Å². The summed E-state index contributed by atoms with van der Waals surface area (Å²) in [5.41, 5.74) is 16.8. The van der Waals surface area contributed by atoms with Gasteiger partial charge in [-0.2, -0.15) is 12.1 Å². The second kappa shape index (κ2) is 21.4. The zero-order valence-electron chi connectivity index (χ0n) is 46.8. The third kappa shape index (κ3) is 10.3. The van der Waals surface area contributed by atoms with Gasteiger partial charge >= 0.3 is 0 Å². The zero-order chi connectivity index (χ0) is 53.8. The second-order valence-corrected chi connectivity index (χ2v) is 23.5. The summed E-state index contributed by atoms with van der Waals surface area (Å²) in [6, 6.07) is 75.1. The fourth-order valence-electron chi connectivity index (χ4n) is 11.1. The molecule has 10 aromatic rings. The van der Waals surface area contributed by atoms with Crippen molar-refractivity contribution in [2.24, 2.45) is 0 Å². The van der Waals surface area contributed by atoms with Crippen LogP contribution >= 0.6 is 0 Å². The van der Waals surface area contributed by atoms with Crippen molar-refractivity contribution in [1.29, 1.82) is 0 Å². The van der Waals surface area contributed by atoms with E-state index >= 15 is 0 Å². The van der Waals surface area contributed by atoms with Gasteiger partial charge in [-0.25, -0.2) is 4.98 Å². The first kappa shape index (κ1) is 53.9. The maximum Gasteiger partial charge on any atom is 0.135 e. The number of anilines is 2. The molecule has 1 aliphatic heterocycles. The fraction of sp³-hybridized carbons (Fsp3) is 0.222. The molecule has 0 bridgehead atoms. The van der Waals surface area contributed by atoms with Gasteiger partial charge in [-0.3, -0.25) is 0 Å². The van der Waals surface area contributed by atoms with Crippen LogP contribution in [0.25, 0.3) is 44.4 Å². The predicted molar refractivity (Wildman–Crippen MR) is 322 cm³/mol. The van der Waals surface area contributed by atoms with Crippen LogP contribution in [0.15, 0.2) is 200 Å². The van der Waals surface area contributed by atoms with Crippen molar-refractivity contribution < 1.29 is 25.8 Å². The first-order valence-corrected chi connectivity index (χ1v) is 27.2. The van der Waals surface area contributed by atoms with Gasteiger partial charge < -0.3 is 19.1 Å². The molecule has 11 rings (SSSR count). The summed E-state index contributed by atoms with van der Waals surface area (Å²) < 4.78 is 9.17. The van der Waals surface area contributed by atoms with Crippen molar-refractivity contribution in [3.8, 4) is 28.4 Å². The van der Waals surface area contributed by atoms with Crippen molar-refractivity contribution in [3.63, 3.8) is 0 Å². The molecule has 0 atom stereocenters. The minimum absolute atomic E-state index is 0. The minimum Gasteiger partial charge on any atom is -0.509 e. The molecule has 396 valence electrons. The average Bonchev–Trinajstić information content (AvgIpc) is 4.26. The van der Waals surface area contributed by atoms with Gasteiger partial charge in [0.1, 0.15) is 5.82 Å². The van der Waals surface area contributed by atoms with Gasteiger partial charge in [0.05, 0.1) is 0 Å². The molecule has 0 N–H and O–H groups in total. The number of hydrogen-bond donors (Lipinski definition) is 0. The van der Waals surface area contributed by atoms with E-state index in [1.807, 2.05) is 18.3 Å². The van der Waals surface area contributed by atoms with E-state index < -0.39 is 0 Å². The van der Waals surface area contributed by atoms with Crippen LogP contribution in [0, 0.1) is 18.8 Å². The summed E-state index contributed by atoms with van der Waals surface area (Å²) >= 11 is 0. The van der Waals surface area contributed by atoms with Gasteiger partial charge in [-0.05, 0) is 109 Å². The summed E-state index contributed by atoms with van der Waals surface area (Å²) in [6.07, 6.45) is 4.25. The molecule has 8 aromatic carbocycles. The van der Waals surface area contributed by atoms with Crippen LogP contribution in [0.1, 0.15) is 133 Å². The van der Waals surface area contributed by atoms with E-state index in [0.717, 1.165) is 44.7 Å². The number of benzene rings is 8. The number of fused-ring (bicyclic) bond motifs is 3. The smallest absolute Gasteiger partial charge is 0.135 e. The quantitative estimate of drug-likeness (QED) is 0.108. The van der Waals surface area contributed by atoms with E-state index in [4.69, 9.17) is 9.72 Å². The number of aromatic nitrogens is 2. The Morgan fingerprint density at radius 2 is 1.12 bits per heavy atom. The molecule has 0 radical (unpaired) electrons. The molecule has 0 amide bonds. The van der Waals surface area contributed by atoms with E-state index in [-0.39, 0.29) is 37.3 Å². The van der Waals surface area contributed by atoms with Gasteiger partial charge in [0.25, 0.3) is 0 Å². The first-order chi connectivity index (χ1) is 36.9. The molecular formula is C72H69N4OPt-3. The average molecular weight is 1200 g/mol. The number of pyridine rings is 1. The van der Waals surface area contributed by atoms with Crippen molar-refractivity contribution >= 4 is 38.9 Å². The Hall–Kier alpha value is -7.46. The molecule has 78 heavy (non-hydrogen) atoms. The standard InChI is InChI=1S/C72H69N4O.Pt/c1-48(2)61-31-22-32-62(49(3)4)69(61)67-46-74(58-40-51(50-23-15-12-16-24-50)39-56(41-58)70(5,6)7)47-75(67)57-29-21-30-59(44-57)77-60-34-35-63-64-42-54(71(8,9)52-25-17-13-18-26-52)33-36-65(64)76(66(63)45-60)68-43-55(37-38-73-68)72(10,11)53-27-19-14-20-28-53;/h12-43,46-49H,1-11H3;/q-3;. The van der Waals surface area contributed by atoms with Crippen LogP contribution < -0.4 is 14.5 Å². The third-order valence-corrected chi connectivity index (χ3v) is 15.9. The summed E-state index contributed by atoms with van der Waals surface area (Å²) in [7, 11) is 0. The van der Waals surface area contributed by atoms with Crippen molar-refractivity contribution in [1.82, 2.24) is 9.55 Å². The van der Waals surface area contributed by atoms with E-state index in [0.29, 0.717) is 23.3 Å². The molecule has 0 aliphatic carbocycles. The van der Waals surface area contributed by atoms with Crippen LogP contribution in [0.3, 0.4) is 0 Å². The van der Waals surface area contributed by atoms with Crippen molar-refractivity contribution in [2.45, 2.75) is 104 Å². The van der Waals surface area contributed by atoms with Gasteiger partial charge in [0, 0.05) is 72.1 Å². The fourth-order valence-corrected chi connectivity index (χ4v) is 11.1. The molecule has 1 aliphatic rings. The Morgan fingerprint density at radius 1 is 0.513 bits per heavy atom. The Kier molecular flexibility index (Phi) is 14.8. The number of hydrogen-bond acceptors (Lipinski definition) is 4. The van der Waals surface area contributed by atoms with Gasteiger partial charge in [-0.1, -0.05) is 209 Å². The molecular weight excluding hydrogens is 1130 g/mol. The molecule has 3 heterocycles. The summed E-state index contributed by atoms with van der Waals surface area (Å²) in [5.74, 6) is 2.59. The Balaban J connectivity index is 0.00000688. The number of nitrogens with zero attached hydrogens (tertiary/aromatic N) is 4. The minimum atomic E-state index is -0.267. The molecule has 0 fully saturated rings. The van der Waals surface area contributed by atoms with Crippen LogP contribution in [0.2, 0.25) is 0 Å². The molecule has 0 unspecified atom stereocenters. The SMILES string of the molecule is CC(C)c1cccc(C(C)C)c1C1=CN(c2cc(-c3ccccc3)cc(C(C)(C)C)c2)[CH-]N1c1[c-]c(Oc2[c-]c3c(cc2)c2cc(C(C)(C)c4ccccc4)ccc2n3-c2cc(C(C)(C)c3ccccc3)ccn2)ccc1.[Pt]. The van der Waals surface area contributed by atoms with Crippen LogP contribution in [-0.2, 0) is 37.3 Å². The van der Waals surface area contributed by atoms with E-state index in [1.165, 1.54) is 55.6 Å². The first-order valence-electron chi connectivity index (χ1n) is 27.2. The van der Waals surface area contributed by atoms with Crippen molar-refractivity contribution in [2.75, 3.05) is 9.80 Å². The Bertz CT molecular complexity index is 3780. The molecule has 6 heteroatoms. The van der Waals surface area contributed by atoms with E-state index in [9.17, 15) is 0 Å². The maximum absolute atomic E-state index is 6.92. The van der Waals surface area contributed by atoms with Gasteiger partial charge in [0.15, 0.2) is 0 Å². The summed E-state index contributed by atoms with van der Waals surface area (Å²) in [4.78, 5) is 9.67. The van der Waals surface area contributed by atoms with Crippen molar-refractivity contribution in [3.05, 3.63) is 264 Å². The molecule has 0 saturated heterocycles. The zero-order valence-corrected chi connectivity index (χ0v) is 49.1. The van der Waals surface area contributed by atoms with E-state index in [1.54, 1.807) is 0 Å². The number of ether oxygens (including phenoxy) is 1. The maximum atomic E-state index is 6.92. The van der Waals surface area contributed by atoms with Crippen LogP contribution in [0.5, 0.6) is 11.5 Å². The van der Waals surface area contributed by atoms with Gasteiger partial charge in [-0.15, -0.1) is 48.1 Å².